The van der Waals surface area contributed by atoms with Crippen LogP contribution in [0.1, 0.15) is 48.0 Å². The molecule has 5 nitrogen and oxygen atoms in total. The minimum Gasteiger partial charge on any atom is -0.388 e. The minimum atomic E-state index is -1.01. The van der Waals surface area contributed by atoms with Gasteiger partial charge in [0.15, 0.2) is 0 Å². The van der Waals surface area contributed by atoms with Gasteiger partial charge in [-0.1, -0.05) is 20.8 Å². The maximum atomic E-state index is 12.0. The summed E-state index contributed by atoms with van der Waals surface area (Å²) >= 11 is 0. The number of Topliss-reactive ketones (excluding diaryl/α,β-unsaturated/α-hetero) is 1. The highest BCUT2D eigenvalue weighted by atomic mass is 16.5. The molecule has 4 unspecified atom stereocenters. The fourth-order valence-electron chi connectivity index (χ4n) is 2.06. The number of carbonyl (C=O) groups excluding carboxylic acids is 1. The molecular weight excluding hydrogens is 258 g/mol. The fourth-order valence-corrected chi connectivity index (χ4v) is 2.06. The summed E-state index contributed by atoms with van der Waals surface area (Å²) in [6.45, 7) is 12.0. The molecule has 0 aromatic carbocycles. The number of ether oxygens (including phenoxy) is 1. The highest BCUT2D eigenvalue weighted by Gasteiger charge is 2.44. The van der Waals surface area contributed by atoms with Gasteiger partial charge in [-0.2, -0.15) is 0 Å². The summed E-state index contributed by atoms with van der Waals surface area (Å²) in [4.78, 5) is 12.0. The number of ketones is 1. The van der Waals surface area contributed by atoms with E-state index in [4.69, 9.17) is 4.74 Å². The van der Waals surface area contributed by atoms with Gasteiger partial charge in [-0.3, -0.25) is 4.79 Å². The first-order chi connectivity index (χ1) is 8.92. The lowest BCUT2D eigenvalue weighted by molar-refractivity contribution is -0.130. The zero-order chi connectivity index (χ0) is 15.7. The molecule has 1 rings (SSSR count). The summed E-state index contributed by atoms with van der Waals surface area (Å²) in [7, 11) is 0. The molecule has 118 valence electrons. The van der Waals surface area contributed by atoms with Crippen LogP contribution in [0, 0.1) is 5.41 Å². The lowest BCUT2D eigenvalue weighted by atomic mass is 9.86. The molecule has 5 heteroatoms. The van der Waals surface area contributed by atoms with Crippen molar-refractivity contribution in [3.63, 3.8) is 0 Å². The maximum Gasteiger partial charge on any atom is 0.140 e. The summed E-state index contributed by atoms with van der Waals surface area (Å²) in [5.41, 5.74) is -0.552. The number of rotatable bonds is 4. The molecule has 0 amide bonds. The van der Waals surface area contributed by atoms with Crippen LogP contribution in [0.15, 0.2) is 0 Å². The van der Waals surface area contributed by atoms with Crippen molar-refractivity contribution in [2.24, 2.45) is 5.41 Å². The summed E-state index contributed by atoms with van der Waals surface area (Å²) in [6.07, 6.45) is -2.94. The van der Waals surface area contributed by atoms with Gasteiger partial charge >= 0.3 is 0 Å². The molecule has 1 heterocycles. The molecule has 0 spiro atoms. The monoisotopic (exact) mass is 287 g/mol. The Hall–Kier alpha value is -0.490. The largest absolute Gasteiger partial charge is 0.388 e. The van der Waals surface area contributed by atoms with Gasteiger partial charge in [-0.05, 0) is 20.8 Å². The number of hydrogen-bond acceptors (Lipinski definition) is 5. The Bertz CT molecular complexity index is 343. The average Bonchev–Trinajstić information content (AvgIpc) is 2.52. The van der Waals surface area contributed by atoms with E-state index in [0.29, 0.717) is 6.54 Å². The predicted octanol–water partition coefficient (Wildman–Crippen LogP) is 0.869. The summed E-state index contributed by atoms with van der Waals surface area (Å²) in [5, 5.41) is 23.3. The van der Waals surface area contributed by atoms with Crippen LogP contribution in [0.2, 0.25) is 0 Å². The van der Waals surface area contributed by atoms with Crippen LogP contribution in [-0.4, -0.2) is 52.5 Å². The van der Waals surface area contributed by atoms with Crippen molar-refractivity contribution in [2.45, 2.75) is 77.9 Å². The van der Waals surface area contributed by atoms with Crippen molar-refractivity contribution >= 4 is 5.78 Å². The van der Waals surface area contributed by atoms with E-state index in [0.717, 1.165) is 0 Å². The van der Waals surface area contributed by atoms with E-state index in [-0.39, 0.29) is 17.7 Å². The first kappa shape index (κ1) is 17.6. The Labute approximate surface area is 121 Å². The summed E-state index contributed by atoms with van der Waals surface area (Å²) < 4.78 is 5.66. The number of carbonyl (C=O) groups is 1. The lowest BCUT2D eigenvalue weighted by Gasteiger charge is -2.24. The zero-order valence-electron chi connectivity index (χ0n) is 13.4. The van der Waals surface area contributed by atoms with Crippen LogP contribution in [0.3, 0.4) is 0 Å². The fraction of sp³-hybridized carbons (Fsp3) is 0.933. The van der Waals surface area contributed by atoms with Gasteiger partial charge in [0, 0.05) is 23.9 Å². The molecule has 0 aromatic rings. The van der Waals surface area contributed by atoms with Gasteiger partial charge in [0.05, 0.1) is 12.2 Å². The smallest absolute Gasteiger partial charge is 0.140 e. The molecule has 0 bridgehead atoms. The van der Waals surface area contributed by atoms with E-state index in [9.17, 15) is 15.0 Å². The highest BCUT2D eigenvalue weighted by Crippen LogP contribution is 2.27. The molecule has 0 aromatic heterocycles. The maximum absolute atomic E-state index is 12.0. The SMILES string of the molecule is CC(C)(C)NCC1OC(CC(=O)C(C)(C)C)C(O)C1O. The standard InChI is InChI=1S/C15H29NO4/c1-14(2,3)11(17)7-9-12(18)13(19)10(20-9)8-16-15(4,5)6/h9-10,12-13,16,18-19H,7-8H2,1-6H3. The van der Waals surface area contributed by atoms with Crippen LogP contribution >= 0.6 is 0 Å². The molecule has 0 saturated carbocycles. The molecule has 1 aliphatic rings. The lowest BCUT2D eigenvalue weighted by Crippen LogP contribution is -2.44. The van der Waals surface area contributed by atoms with E-state index in [2.05, 4.69) is 5.32 Å². The number of nitrogens with one attached hydrogen (secondary N) is 1. The van der Waals surface area contributed by atoms with Gasteiger partial charge in [0.25, 0.3) is 0 Å². The van der Waals surface area contributed by atoms with Crippen LogP contribution < -0.4 is 5.32 Å². The number of aliphatic hydroxyl groups is 2. The second-order valence-corrected chi connectivity index (χ2v) is 7.70. The van der Waals surface area contributed by atoms with Crippen molar-refractivity contribution in [2.75, 3.05) is 6.54 Å². The van der Waals surface area contributed by atoms with Crippen molar-refractivity contribution in [3.8, 4) is 0 Å². The Balaban J connectivity index is 2.58. The highest BCUT2D eigenvalue weighted by molar-refractivity contribution is 5.84. The predicted molar refractivity (Wildman–Crippen MR) is 77.5 cm³/mol. The quantitative estimate of drug-likeness (QED) is 0.715. The van der Waals surface area contributed by atoms with E-state index in [1.54, 1.807) is 0 Å². The molecule has 20 heavy (non-hydrogen) atoms. The van der Waals surface area contributed by atoms with E-state index >= 15 is 0 Å². The topological polar surface area (TPSA) is 78.8 Å². The molecule has 1 saturated heterocycles. The van der Waals surface area contributed by atoms with Gasteiger partial charge in [-0.25, -0.2) is 0 Å². The van der Waals surface area contributed by atoms with E-state index < -0.39 is 29.8 Å². The third kappa shape index (κ3) is 4.81. The van der Waals surface area contributed by atoms with Gasteiger partial charge in [-0.15, -0.1) is 0 Å². The minimum absolute atomic E-state index is 0.0261. The molecule has 3 N–H and O–H groups in total. The second-order valence-electron chi connectivity index (χ2n) is 7.70. The first-order valence-corrected chi connectivity index (χ1v) is 7.22. The Morgan fingerprint density at radius 3 is 2.00 bits per heavy atom. The summed E-state index contributed by atoms with van der Waals surface area (Å²) in [5.74, 6) is 0.0261. The molecule has 0 aliphatic carbocycles. The van der Waals surface area contributed by atoms with Crippen LogP contribution in [0.25, 0.3) is 0 Å². The molecule has 1 aliphatic heterocycles. The Morgan fingerprint density at radius 2 is 1.55 bits per heavy atom. The van der Waals surface area contributed by atoms with E-state index in [1.165, 1.54) is 0 Å². The molecular formula is C15H29NO4. The first-order valence-electron chi connectivity index (χ1n) is 7.22. The van der Waals surface area contributed by atoms with Crippen molar-refractivity contribution in [1.82, 2.24) is 5.32 Å². The average molecular weight is 287 g/mol. The van der Waals surface area contributed by atoms with E-state index in [1.807, 2.05) is 41.5 Å². The van der Waals surface area contributed by atoms with Crippen LogP contribution in [0.5, 0.6) is 0 Å². The van der Waals surface area contributed by atoms with Gasteiger partial charge < -0.3 is 20.3 Å². The molecule has 4 atom stereocenters. The van der Waals surface area contributed by atoms with Gasteiger partial charge in [0.2, 0.25) is 0 Å². The molecule has 0 radical (unpaired) electrons. The third-order valence-electron chi connectivity index (χ3n) is 3.52. The zero-order valence-corrected chi connectivity index (χ0v) is 13.4. The van der Waals surface area contributed by atoms with Crippen molar-refractivity contribution < 1.29 is 19.7 Å². The van der Waals surface area contributed by atoms with Crippen molar-refractivity contribution in [1.29, 1.82) is 0 Å². The van der Waals surface area contributed by atoms with Crippen LogP contribution in [0.4, 0.5) is 0 Å². The molecule has 1 fully saturated rings. The Kier molecular flexibility index (Phi) is 5.35. The van der Waals surface area contributed by atoms with Crippen molar-refractivity contribution in [3.05, 3.63) is 0 Å². The second kappa shape index (κ2) is 6.10. The van der Waals surface area contributed by atoms with Crippen LogP contribution in [-0.2, 0) is 9.53 Å². The number of hydrogen-bond donors (Lipinski definition) is 3. The third-order valence-corrected chi connectivity index (χ3v) is 3.52. The summed E-state index contributed by atoms with van der Waals surface area (Å²) in [6, 6.07) is 0. The normalized spacial score (nSPS) is 31.6. The Morgan fingerprint density at radius 1 is 1.05 bits per heavy atom. The number of aliphatic hydroxyl groups excluding tert-OH is 2. The van der Waals surface area contributed by atoms with Gasteiger partial charge in [0.1, 0.15) is 18.0 Å².